The average Bonchev–Trinajstić information content (AvgIpc) is 2.81. The molecule has 112 valence electrons. The summed E-state index contributed by atoms with van der Waals surface area (Å²) >= 11 is 0. The molecule has 0 radical (unpaired) electrons. The second-order valence-corrected chi connectivity index (χ2v) is 5.50. The number of rotatable bonds is 6. The summed E-state index contributed by atoms with van der Waals surface area (Å²) in [6, 6.07) is -0.591. The number of amides is 1. The number of hydrogen-bond acceptors (Lipinski definition) is 2. The normalized spacial score (nSPS) is 20.3. The number of carbonyl (C=O) groups excluding carboxylic acids is 1. The highest BCUT2D eigenvalue weighted by Gasteiger charge is 2.33. The Balaban J connectivity index is 2.33. The molecular weight excluding hydrogens is 257 g/mol. The van der Waals surface area contributed by atoms with Gasteiger partial charge in [-0.05, 0) is 31.6 Å². The monoisotopic (exact) mass is 280 g/mol. The zero-order valence-electron chi connectivity index (χ0n) is 11.6. The molecule has 0 heterocycles. The first-order valence-electron chi connectivity index (χ1n) is 6.86. The highest BCUT2D eigenvalue weighted by molar-refractivity contribution is 5.81. The van der Waals surface area contributed by atoms with Crippen LogP contribution >= 0.6 is 0 Å². The molecule has 1 fully saturated rings. The minimum Gasteiger partial charge on any atom is -0.346 e. The molecule has 0 saturated heterocycles. The second-order valence-electron chi connectivity index (χ2n) is 5.50. The lowest BCUT2D eigenvalue weighted by atomic mass is 9.83. The van der Waals surface area contributed by atoms with E-state index in [0.29, 0.717) is 6.54 Å². The van der Waals surface area contributed by atoms with Crippen LogP contribution in [0.1, 0.15) is 46.0 Å². The van der Waals surface area contributed by atoms with Crippen molar-refractivity contribution in [1.29, 1.82) is 0 Å². The van der Waals surface area contributed by atoms with Crippen LogP contribution < -0.4 is 10.6 Å². The summed E-state index contributed by atoms with van der Waals surface area (Å²) in [5, 5.41) is 4.97. The van der Waals surface area contributed by atoms with Crippen molar-refractivity contribution < 1.29 is 18.0 Å². The van der Waals surface area contributed by atoms with E-state index in [9.17, 15) is 18.0 Å². The number of hydrogen-bond donors (Lipinski definition) is 2. The van der Waals surface area contributed by atoms with Gasteiger partial charge < -0.3 is 10.6 Å². The third-order valence-electron chi connectivity index (χ3n) is 4.05. The topological polar surface area (TPSA) is 41.1 Å². The van der Waals surface area contributed by atoms with Gasteiger partial charge in [0.2, 0.25) is 5.91 Å². The van der Waals surface area contributed by atoms with Crippen molar-refractivity contribution in [3.63, 3.8) is 0 Å². The maximum Gasteiger partial charge on any atom is 0.405 e. The lowest BCUT2D eigenvalue weighted by Crippen LogP contribution is -2.47. The van der Waals surface area contributed by atoms with Crippen molar-refractivity contribution in [3.05, 3.63) is 0 Å². The number of carbonyl (C=O) groups is 1. The molecule has 1 rings (SSSR count). The highest BCUT2D eigenvalue weighted by atomic mass is 19.4. The minimum absolute atomic E-state index is 0.221. The standard InChI is InChI=1S/C13H23F3N2O/c1-3-12(6-4-5-7-12)8-17-10(2)11(19)18-9-13(14,15)16/h10,17H,3-9H2,1-2H3,(H,18,19). The first-order valence-corrected chi connectivity index (χ1v) is 6.86. The molecule has 1 atom stereocenters. The van der Waals surface area contributed by atoms with Crippen molar-refractivity contribution >= 4 is 5.91 Å². The molecular formula is C13H23F3N2O. The first-order chi connectivity index (χ1) is 8.78. The van der Waals surface area contributed by atoms with Crippen LogP contribution in [0.3, 0.4) is 0 Å². The molecule has 6 heteroatoms. The zero-order chi connectivity index (χ0) is 14.5. The van der Waals surface area contributed by atoms with Gasteiger partial charge in [0.15, 0.2) is 0 Å². The predicted octanol–water partition coefficient (Wildman–Crippen LogP) is 2.61. The van der Waals surface area contributed by atoms with Gasteiger partial charge in [0.05, 0.1) is 6.04 Å². The molecule has 1 amide bonds. The first kappa shape index (κ1) is 16.3. The van der Waals surface area contributed by atoms with Gasteiger partial charge in [0.25, 0.3) is 0 Å². The van der Waals surface area contributed by atoms with E-state index in [2.05, 4.69) is 12.2 Å². The lowest BCUT2D eigenvalue weighted by molar-refractivity contribution is -0.139. The molecule has 1 aliphatic carbocycles. The van der Waals surface area contributed by atoms with Gasteiger partial charge in [-0.25, -0.2) is 0 Å². The van der Waals surface area contributed by atoms with E-state index >= 15 is 0 Å². The van der Waals surface area contributed by atoms with Crippen LogP contribution in [-0.4, -0.2) is 31.2 Å². The Bertz CT molecular complexity index is 299. The van der Waals surface area contributed by atoms with Crippen molar-refractivity contribution in [2.24, 2.45) is 5.41 Å². The van der Waals surface area contributed by atoms with E-state index in [1.54, 1.807) is 6.92 Å². The van der Waals surface area contributed by atoms with Crippen molar-refractivity contribution in [1.82, 2.24) is 10.6 Å². The number of alkyl halides is 3. The fourth-order valence-corrected chi connectivity index (χ4v) is 2.58. The fraction of sp³-hybridized carbons (Fsp3) is 0.923. The van der Waals surface area contributed by atoms with Crippen molar-refractivity contribution in [2.75, 3.05) is 13.1 Å². The fourth-order valence-electron chi connectivity index (χ4n) is 2.58. The molecule has 0 aromatic rings. The summed E-state index contributed by atoms with van der Waals surface area (Å²) in [5.74, 6) is -0.596. The molecule has 3 nitrogen and oxygen atoms in total. The summed E-state index contributed by atoms with van der Waals surface area (Å²) < 4.78 is 36.0. The van der Waals surface area contributed by atoms with Gasteiger partial charge in [-0.15, -0.1) is 0 Å². The smallest absolute Gasteiger partial charge is 0.346 e. The molecule has 19 heavy (non-hydrogen) atoms. The van der Waals surface area contributed by atoms with E-state index in [4.69, 9.17) is 0 Å². The van der Waals surface area contributed by atoms with Crippen LogP contribution in [0.25, 0.3) is 0 Å². The Labute approximate surface area is 112 Å². The Hall–Kier alpha value is -0.780. The molecule has 0 bridgehead atoms. The van der Waals surface area contributed by atoms with Crippen LogP contribution in [0.15, 0.2) is 0 Å². The molecule has 0 spiro atoms. The van der Waals surface area contributed by atoms with E-state index in [-0.39, 0.29) is 5.41 Å². The quantitative estimate of drug-likeness (QED) is 0.785. The Morgan fingerprint density at radius 1 is 1.32 bits per heavy atom. The van der Waals surface area contributed by atoms with Crippen LogP contribution in [-0.2, 0) is 4.79 Å². The number of nitrogens with one attached hydrogen (secondary N) is 2. The molecule has 0 aromatic heterocycles. The molecule has 0 aromatic carbocycles. The van der Waals surface area contributed by atoms with E-state index in [1.165, 1.54) is 12.8 Å². The summed E-state index contributed by atoms with van der Waals surface area (Å²) in [6.07, 6.45) is 1.34. The SMILES string of the molecule is CCC1(CNC(C)C(=O)NCC(F)(F)F)CCCC1. The summed E-state index contributed by atoms with van der Waals surface area (Å²) in [6.45, 7) is 3.16. The van der Waals surface area contributed by atoms with Gasteiger partial charge >= 0.3 is 6.18 Å². The van der Waals surface area contributed by atoms with Gasteiger partial charge in [0.1, 0.15) is 6.54 Å². The Morgan fingerprint density at radius 3 is 2.37 bits per heavy atom. The Morgan fingerprint density at radius 2 is 1.89 bits per heavy atom. The maximum atomic E-state index is 12.0. The maximum absolute atomic E-state index is 12.0. The van der Waals surface area contributed by atoms with E-state index in [0.717, 1.165) is 19.3 Å². The van der Waals surface area contributed by atoms with Crippen LogP contribution in [0, 0.1) is 5.41 Å². The van der Waals surface area contributed by atoms with Gasteiger partial charge in [-0.3, -0.25) is 4.79 Å². The predicted molar refractivity (Wildman–Crippen MR) is 67.7 cm³/mol. The largest absolute Gasteiger partial charge is 0.405 e. The molecule has 2 N–H and O–H groups in total. The molecule has 1 saturated carbocycles. The highest BCUT2D eigenvalue weighted by Crippen LogP contribution is 2.40. The summed E-state index contributed by atoms with van der Waals surface area (Å²) in [4.78, 5) is 11.5. The van der Waals surface area contributed by atoms with Crippen LogP contribution in [0.5, 0.6) is 0 Å². The third-order valence-corrected chi connectivity index (χ3v) is 4.05. The molecule has 1 aliphatic rings. The molecule has 0 aliphatic heterocycles. The minimum atomic E-state index is -4.36. The summed E-state index contributed by atoms with van der Waals surface area (Å²) in [5.41, 5.74) is 0.221. The summed E-state index contributed by atoms with van der Waals surface area (Å²) in [7, 11) is 0. The van der Waals surface area contributed by atoms with Crippen molar-refractivity contribution in [3.8, 4) is 0 Å². The van der Waals surface area contributed by atoms with Gasteiger partial charge in [0, 0.05) is 6.54 Å². The van der Waals surface area contributed by atoms with Crippen LogP contribution in [0.4, 0.5) is 13.2 Å². The molecule has 1 unspecified atom stereocenters. The third kappa shape index (κ3) is 5.38. The second kappa shape index (κ2) is 6.59. The zero-order valence-corrected chi connectivity index (χ0v) is 11.6. The average molecular weight is 280 g/mol. The Kier molecular flexibility index (Phi) is 5.64. The van der Waals surface area contributed by atoms with E-state index < -0.39 is 24.7 Å². The van der Waals surface area contributed by atoms with E-state index in [1.807, 2.05) is 5.32 Å². The van der Waals surface area contributed by atoms with Crippen molar-refractivity contribution in [2.45, 2.75) is 58.2 Å². The van der Waals surface area contributed by atoms with Gasteiger partial charge in [-0.1, -0.05) is 19.8 Å². The van der Waals surface area contributed by atoms with Crippen LogP contribution in [0.2, 0.25) is 0 Å². The van der Waals surface area contributed by atoms with Gasteiger partial charge in [-0.2, -0.15) is 13.2 Å². The number of halogens is 3. The lowest BCUT2D eigenvalue weighted by Gasteiger charge is -2.29.